The van der Waals surface area contributed by atoms with Crippen LogP contribution in [0.1, 0.15) is 0 Å². The number of halogens is 23. The van der Waals surface area contributed by atoms with Crippen LogP contribution in [-0.2, 0) is 9.09 Å². The van der Waals surface area contributed by atoms with Gasteiger partial charge in [0.05, 0.1) is 0 Å². The van der Waals surface area contributed by atoms with E-state index >= 15 is 0 Å². The van der Waals surface area contributed by atoms with Crippen LogP contribution in [0.15, 0.2) is 0 Å². The normalized spacial score (nSPS) is 16.1. The molecule has 258 valence electrons. The lowest BCUT2D eigenvalue weighted by Crippen LogP contribution is -2.77. The van der Waals surface area contributed by atoms with Crippen molar-refractivity contribution in [1.29, 1.82) is 0 Å². The highest BCUT2D eigenvalue weighted by atomic mass is 31.2. The Balaban J connectivity index is -0.00000760. The van der Waals surface area contributed by atoms with Crippen LogP contribution in [0, 0.1) is 0 Å². The molecule has 0 aliphatic rings. The van der Waals surface area contributed by atoms with E-state index in [0.717, 1.165) is 0 Å². The summed E-state index contributed by atoms with van der Waals surface area (Å²) in [6.07, 6.45) is -8.15. The van der Waals surface area contributed by atoms with Crippen LogP contribution in [0.4, 0.5) is 101 Å². The van der Waals surface area contributed by atoms with Crippen molar-refractivity contribution in [3.8, 4) is 0 Å². The van der Waals surface area contributed by atoms with Crippen LogP contribution >= 0.6 is 7.82 Å². The predicted octanol–water partition coefficient (Wildman–Crippen LogP) is 7.34. The first-order valence-corrected chi connectivity index (χ1v) is 9.78. The Kier molecular flexibility index (Phi) is 11.8. The highest BCUT2D eigenvalue weighted by Crippen LogP contribution is 2.67. The maximum absolute atomic E-state index is 13.5. The second kappa shape index (κ2) is 11.1. The molecule has 30 heteroatoms. The molecule has 8 N–H and O–H groups in total. The zero-order valence-corrected chi connectivity index (χ0v) is 19.4. The summed E-state index contributed by atoms with van der Waals surface area (Å²) < 4.78 is 315. The first-order valence-electron chi connectivity index (χ1n) is 8.25. The van der Waals surface area contributed by atoms with Gasteiger partial charge in [-0.2, -0.15) is 101 Å². The molecule has 0 heterocycles. The van der Waals surface area contributed by atoms with Crippen LogP contribution < -0.4 is 12.3 Å². The Hall–Kier alpha value is -1.58. The number of hydrogen-bond donors (Lipinski definition) is 4. The van der Waals surface area contributed by atoms with E-state index in [4.69, 9.17) is 9.79 Å². The van der Waals surface area contributed by atoms with Crippen LogP contribution in [0.5, 0.6) is 0 Å². The molecule has 0 saturated carbocycles. The molecule has 42 heavy (non-hydrogen) atoms. The predicted molar refractivity (Wildman–Crippen MR) is 83.6 cm³/mol. The average Bonchev–Trinajstić information content (AvgIpc) is 2.69. The maximum atomic E-state index is 13.5. The fourth-order valence-electron chi connectivity index (χ4n) is 2.04. The van der Waals surface area contributed by atoms with Crippen molar-refractivity contribution in [3.63, 3.8) is 0 Å². The Morgan fingerprint density at radius 3 is 0.786 bits per heavy atom. The monoisotopic (exact) mass is 714 g/mol. The van der Waals surface area contributed by atoms with Crippen molar-refractivity contribution in [2.75, 3.05) is 6.61 Å². The van der Waals surface area contributed by atoms with Gasteiger partial charge in [0.1, 0.15) is 6.61 Å². The molecule has 0 amide bonds. The number of hydrogen-bond acceptors (Lipinski definition) is 4. The number of phosphoric ester groups is 1. The van der Waals surface area contributed by atoms with Gasteiger partial charge in [0, 0.05) is 0 Å². The molecule has 0 fully saturated rings. The molecule has 0 aliphatic heterocycles. The Bertz CT molecular complexity index is 988. The van der Waals surface area contributed by atoms with Gasteiger partial charge in [0.25, 0.3) is 0 Å². The summed E-state index contributed by atoms with van der Waals surface area (Å²) in [7, 11) is -6.48. The maximum Gasteiger partial charge on any atom is 0.469 e. The minimum absolute atomic E-state index is 0. The number of alkyl halides is 23. The fraction of sp³-hybridized carbons (Fsp3) is 1.00. The van der Waals surface area contributed by atoms with Gasteiger partial charge in [-0.3, -0.25) is 4.52 Å². The zero-order chi connectivity index (χ0) is 33.4. The van der Waals surface area contributed by atoms with E-state index in [1.54, 1.807) is 0 Å². The third-order valence-corrected chi connectivity index (χ3v) is 4.85. The van der Waals surface area contributed by atoms with Gasteiger partial charge in [-0.25, -0.2) is 4.57 Å². The van der Waals surface area contributed by atoms with Crippen LogP contribution in [0.25, 0.3) is 0 Å². The number of phosphoric acid groups is 1. The molecular weight excluding hydrogens is 704 g/mol. The molecule has 0 aliphatic carbocycles. The van der Waals surface area contributed by atoms with Crippen molar-refractivity contribution in [1.82, 2.24) is 12.3 Å². The highest BCUT2D eigenvalue weighted by Gasteiger charge is 2.98. The van der Waals surface area contributed by atoms with Gasteiger partial charge in [-0.1, -0.05) is 0 Å². The quantitative estimate of drug-likeness (QED) is 0.124. The molecule has 0 saturated heterocycles. The van der Waals surface area contributed by atoms with Gasteiger partial charge in [-0.15, -0.1) is 0 Å². The molecule has 0 radical (unpaired) electrons. The molecular formula is C12H10F23N2O4P. The second-order valence-corrected chi connectivity index (χ2v) is 8.38. The lowest BCUT2D eigenvalue weighted by molar-refractivity contribution is -0.478. The van der Waals surface area contributed by atoms with Crippen LogP contribution in [0.2, 0.25) is 0 Å². The first-order chi connectivity index (χ1) is 16.7. The Morgan fingerprint density at radius 2 is 0.595 bits per heavy atom. The summed E-state index contributed by atoms with van der Waals surface area (Å²) in [6, 6.07) is 0. The Labute approximate surface area is 213 Å². The summed E-state index contributed by atoms with van der Waals surface area (Å²) in [5, 5.41) is 0. The van der Waals surface area contributed by atoms with E-state index in [1.165, 1.54) is 0 Å². The van der Waals surface area contributed by atoms with Crippen molar-refractivity contribution in [2.24, 2.45) is 0 Å². The van der Waals surface area contributed by atoms with Gasteiger partial charge < -0.3 is 22.1 Å². The van der Waals surface area contributed by atoms with Gasteiger partial charge >= 0.3 is 73.2 Å². The summed E-state index contributed by atoms with van der Waals surface area (Å²) in [6.45, 7) is -3.90. The van der Waals surface area contributed by atoms with Crippen molar-refractivity contribution in [2.45, 2.75) is 65.4 Å². The standard InChI is InChI=1S/C12H4F23O4P.2H3N/c13-2(14,1-39-40(36,37)38)3(15,16)4(17,18)5(19,20)6(21,22)7(23,24)8(25,26)9(27,28)10(29,30)11(31,32)12(33,34)35;;/h1H2,(H2,36,37,38);2*1H3. The molecule has 0 atom stereocenters. The third kappa shape index (κ3) is 5.91. The molecule has 0 aromatic rings. The largest absolute Gasteiger partial charge is 0.469 e. The van der Waals surface area contributed by atoms with Crippen molar-refractivity contribution in [3.05, 3.63) is 0 Å². The van der Waals surface area contributed by atoms with Gasteiger partial charge in [-0.05, 0) is 0 Å². The van der Waals surface area contributed by atoms with E-state index < -0.39 is 79.8 Å². The fourth-order valence-corrected chi connectivity index (χ4v) is 2.37. The van der Waals surface area contributed by atoms with Crippen molar-refractivity contribution < 1.29 is 120 Å². The number of rotatable bonds is 12. The lowest BCUT2D eigenvalue weighted by atomic mass is 9.85. The smallest absolute Gasteiger partial charge is 0.344 e. The molecule has 0 bridgehead atoms. The second-order valence-electron chi connectivity index (χ2n) is 7.14. The van der Waals surface area contributed by atoms with E-state index in [2.05, 4.69) is 4.52 Å². The molecule has 0 rings (SSSR count). The lowest BCUT2D eigenvalue weighted by Gasteiger charge is -2.45. The summed E-state index contributed by atoms with van der Waals surface area (Å²) in [5.41, 5.74) is 0. The average molecular weight is 714 g/mol. The SMILES string of the molecule is N.N.O=P(O)(O)OCC(F)(F)C(F)(F)C(F)(F)C(F)(F)C(F)(F)C(F)(F)C(F)(F)C(F)(F)C(F)(F)C(F)(F)C(F)(F)F. The molecule has 0 spiro atoms. The van der Waals surface area contributed by atoms with Crippen LogP contribution in [0.3, 0.4) is 0 Å². The minimum atomic E-state index is -9.52. The highest BCUT2D eigenvalue weighted by molar-refractivity contribution is 7.46. The first kappa shape index (κ1) is 44.9. The van der Waals surface area contributed by atoms with E-state index in [0.29, 0.717) is 0 Å². The third-order valence-electron chi connectivity index (χ3n) is 4.38. The minimum Gasteiger partial charge on any atom is -0.344 e. The van der Waals surface area contributed by atoms with E-state index in [9.17, 15) is 106 Å². The van der Waals surface area contributed by atoms with Crippen LogP contribution in [-0.4, -0.2) is 81.8 Å². The molecule has 0 aromatic heterocycles. The van der Waals surface area contributed by atoms with E-state index in [1.807, 2.05) is 0 Å². The molecule has 0 unspecified atom stereocenters. The van der Waals surface area contributed by atoms with Crippen molar-refractivity contribution >= 4 is 7.82 Å². The molecule has 0 aromatic carbocycles. The molecule has 6 nitrogen and oxygen atoms in total. The topological polar surface area (TPSA) is 137 Å². The van der Waals surface area contributed by atoms with Gasteiger partial charge in [0.15, 0.2) is 0 Å². The Morgan fingerprint density at radius 1 is 0.405 bits per heavy atom. The summed E-state index contributed by atoms with van der Waals surface area (Å²) in [5.74, 6) is -89.5. The van der Waals surface area contributed by atoms with E-state index in [-0.39, 0.29) is 12.3 Å². The summed E-state index contributed by atoms with van der Waals surface area (Å²) in [4.78, 5) is 16.0. The zero-order valence-electron chi connectivity index (χ0n) is 18.5. The summed E-state index contributed by atoms with van der Waals surface area (Å²) >= 11 is 0. The van der Waals surface area contributed by atoms with Gasteiger partial charge in [0.2, 0.25) is 0 Å².